The molecule has 0 saturated carbocycles. The van der Waals surface area contributed by atoms with E-state index < -0.39 is 10.0 Å². The molecule has 0 spiro atoms. The summed E-state index contributed by atoms with van der Waals surface area (Å²) in [6.45, 7) is 2.44. The van der Waals surface area contributed by atoms with Gasteiger partial charge in [-0.15, -0.1) is 11.3 Å². The molecule has 138 valence electrons. The van der Waals surface area contributed by atoms with Crippen molar-refractivity contribution >= 4 is 53.7 Å². The van der Waals surface area contributed by atoms with Crippen LogP contribution in [0.25, 0.3) is 10.1 Å². The Kier molecular flexibility index (Phi) is 5.75. The van der Waals surface area contributed by atoms with Crippen molar-refractivity contribution in [3.63, 3.8) is 0 Å². The van der Waals surface area contributed by atoms with E-state index >= 15 is 0 Å². The predicted molar refractivity (Wildman–Crippen MR) is 112 cm³/mol. The molecule has 3 rings (SSSR count). The minimum Gasteiger partial charge on any atom is -0.388 e. The summed E-state index contributed by atoms with van der Waals surface area (Å²) in [6, 6.07) is 14.5. The summed E-state index contributed by atoms with van der Waals surface area (Å²) >= 11 is 7.98. The Morgan fingerprint density at radius 1 is 1.12 bits per heavy atom. The second-order valence-corrected chi connectivity index (χ2v) is 9.19. The first-order valence-corrected chi connectivity index (χ1v) is 11.1. The lowest BCUT2D eigenvalue weighted by atomic mass is 10.2. The van der Waals surface area contributed by atoms with Crippen LogP contribution in [0, 0.1) is 0 Å². The average Bonchev–Trinajstić information content (AvgIpc) is 2.99. The molecule has 7 heteroatoms. The van der Waals surface area contributed by atoms with Gasteiger partial charge in [-0.2, -0.15) is 0 Å². The standard InChI is InChI=1S/C19H21ClN2O2S2/c1-3-4-13-22(19-18(20)16-7-5-6-8-17(16)25-19)26(23,24)15-11-9-14(21-2)10-12-15/h5-12,21H,3-4,13H2,1-2H3. The quantitative estimate of drug-likeness (QED) is 0.554. The number of rotatable bonds is 7. The molecule has 1 heterocycles. The van der Waals surface area contributed by atoms with E-state index in [9.17, 15) is 8.42 Å². The van der Waals surface area contributed by atoms with Gasteiger partial charge in [-0.3, -0.25) is 4.31 Å². The van der Waals surface area contributed by atoms with Crippen LogP contribution in [0.2, 0.25) is 5.02 Å². The lowest BCUT2D eigenvalue weighted by molar-refractivity contribution is 0.589. The first kappa shape index (κ1) is 19.0. The zero-order chi connectivity index (χ0) is 18.7. The molecular weight excluding hydrogens is 388 g/mol. The minimum absolute atomic E-state index is 0.265. The van der Waals surface area contributed by atoms with Crippen molar-refractivity contribution in [1.29, 1.82) is 0 Å². The molecule has 0 amide bonds. The number of benzene rings is 2. The van der Waals surface area contributed by atoms with Gasteiger partial charge in [0.15, 0.2) is 0 Å². The second kappa shape index (κ2) is 7.86. The summed E-state index contributed by atoms with van der Waals surface area (Å²) in [6.07, 6.45) is 1.66. The Hall–Kier alpha value is -1.76. The van der Waals surface area contributed by atoms with E-state index in [-0.39, 0.29) is 4.90 Å². The molecule has 0 unspecified atom stereocenters. The van der Waals surface area contributed by atoms with Gasteiger partial charge in [-0.25, -0.2) is 8.42 Å². The second-order valence-electron chi connectivity index (χ2n) is 5.92. The summed E-state index contributed by atoms with van der Waals surface area (Å²) in [5.41, 5.74) is 0.865. The molecule has 4 nitrogen and oxygen atoms in total. The molecule has 26 heavy (non-hydrogen) atoms. The highest BCUT2D eigenvalue weighted by Gasteiger charge is 2.28. The maximum Gasteiger partial charge on any atom is 0.264 e. The fourth-order valence-corrected chi connectivity index (χ4v) is 6.05. The largest absolute Gasteiger partial charge is 0.388 e. The van der Waals surface area contributed by atoms with E-state index in [2.05, 4.69) is 5.32 Å². The number of halogens is 1. The summed E-state index contributed by atoms with van der Waals surface area (Å²) < 4.78 is 29.1. The lowest BCUT2D eigenvalue weighted by Gasteiger charge is -2.23. The van der Waals surface area contributed by atoms with E-state index in [0.29, 0.717) is 16.6 Å². The van der Waals surface area contributed by atoms with Crippen LogP contribution in [0.1, 0.15) is 19.8 Å². The molecule has 0 fully saturated rings. The van der Waals surface area contributed by atoms with Crippen LogP contribution in [-0.4, -0.2) is 22.0 Å². The number of unbranched alkanes of at least 4 members (excludes halogenated alkanes) is 1. The van der Waals surface area contributed by atoms with E-state index in [1.807, 2.05) is 31.2 Å². The van der Waals surface area contributed by atoms with Crippen LogP contribution in [0.4, 0.5) is 10.7 Å². The third kappa shape index (κ3) is 3.54. The van der Waals surface area contributed by atoms with Gasteiger partial charge in [0.2, 0.25) is 0 Å². The Balaban J connectivity index is 2.10. The number of nitrogens with one attached hydrogen (secondary N) is 1. The molecular formula is C19H21ClN2O2S2. The molecule has 3 aromatic rings. The lowest BCUT2D eigenvalue weighted by Crippen LogP contribution is -2.31. The van der Waals surface area contributed by atoms with Crippen LogP contribution in [-0.2, 0) is 10.0 Å². The molecule has 1 N–H and O–H groups in total. The van der Waals surface area contributed by atoms with Crippen LogP contribution >= 0.6 is 22.9 Å². The van der Waals surface area contributed by atoms with Crippen LogP contribution in [0.3, 0.4) is 0 Å². The molecule has 0 aliphatic rings. The molecule has 1 aromatic heterocycles. The van der Waals surface area contributed by atoms with Crippen LogP contribution < -0.4 is 9.62 Å². The molecule has 0 bridgehead atoms. The predicted octanol–water partition coefficient (Wildman–Crippen LogP) is 5.59. The van der Waals surface area contributed by atoms with Crippen LogP contribution in [0.15, 0.2) is 53.4 Å². The summed E-state index contributed by atoms with van der Waals surface area (Å²) in [4.78, 5) is 0.265. The van der Waals surface area contributed by atoms with E-state index in [4.69, 9.17) is 11.6 Å². The molecule has 0 saturated heterocycles. The topological polar surface area (TPSA) is 49.4 Å². The molecule has 0 aliphatic heterocycles. The summed E-state index contributed by atoms with van der Waals surface area (Å²) in [5.74, 6) is 0. The fraction of sp³-hybridized carbons (Fsp3) is 0.263. The Morgan fingerprint density at radius 2 is 1.81 bits per heavy atom. The summed E-state index contributed by atoms with van der Waals surface area (Å²) in [5, 5.41) is 4.97. The van der Waals surface area contributed by atoms with Crippen molar-refractivity contribution in [1.82, 2.24) is 0 Å². The van der Waals surface area contributed by atoms with Gasteiger partial charge >= 0.3 is 0 Å². The van der Waals surface area contributed by atoms with E-state index in [1.165, 1.54) is 15.6 Å². The van der Waals surface area contributed by atoms with Gasteiger partial charge in [0.05, 0.1) is 9.92 Å². The number of sulfonamides is 1. The normalized spacial score (nSPS) is 11.7. The number of thiophene rings is 1. The Morgan fingerprint density at radius 3 is 2.42 bits per heavy atom. The van der Waals surface area contributed by atoms with Gasteiger partial charge in [0.25, 0.3) is 10.0 Å². The zero-order valence-electron chi connectivity index (χ0n) is 14.7. The van der Waals surface area contributed by atoms with Crippen molar-refractivity contribution in [2.75, 3.05) is 23.2 Å². The van der Waals surface area contributed by atoms with E-state index in [1.54, 1.807) is 31.3 Å². The number of hydrogen-bond acceptors (Lipinski definition) is 4. The molecule has 0 radical (unpaired) electrons. The van der Waals surface area contributed by atoms with E-state index in [0.717, 1.165) is 28.6 Å². The van der Waals surface area contributed by atoms with Gasteiger partial charge in [0.1, 0.15) is 5.00 Å². The third-order valence-electron chi connectivity index (χ3n) is 4.19. The van der Waals surface area contributed by atoms with Crippen molar-refractivity contribution in [3.8, 4) is 0 Å². The van der Waals surface area contributed by atoms with Crippen molar-refractivity contribution in [2.24, 2.45) is 0 Å². The van der Waals surface area contributed by atoms with Gasteiger partial charge in [-0.05, 0) is 36.8 Å². The molecule has 0 aliphatic carbocycles. The number of nitrogens with zero attached hydrogens (tertiary/aromatic N) is 1. The average molecular weight is 409 g/mol. The first-order valence-electron chi connectivity index (χ1n) is 8.46. The smallest absolute Gasteiger partial charge is 0.264 e. The van der Waals surface area contributed by atoms with Gasteiger partial charge < -0.3 is 5.32 Å². The van der Waals surface area contributed by atoms with Gasteiger partial charge in [0, 0.05) is 29.4 Å². The molecule has 2 aromatic carbocycles. The summed E-state index contributed by atoms with van der Waals surface area (Å²) in [7, 11) is -1.89. The maximum absolute atomic E-state index is 13.3. The van der Waals surface area contributed by atoms with Crippen molar-refractivity contribution < 1.29 is 8.42 Å². The SMILES string of the molecule is CCCCN(c1sc2ccccc2c1Cl)S(=O)(=O)c1ccc(NC)cc1. The van der Waals surface area contributed by atoms with Crippen molar-refractivity contribution in [2.45, 2.75) is 24.7 Å². The Labute approximate surface area is 163 Å². The highest BCUT2D eigenvalue weighted by Crippen LogP contribution is 2.43. The third-order valence-corrected chi connectivity index (χ3v) is 7.81. The highest BCUT2D eigenvalue weighted by molar-refractivity contribution is 7.93. The zero-order valence-corrected chi connectivity index (χ0v) is 17.1. The number of hydrogen-bond donors (Lipinski definition) is 1. The fourth-order valence-electron chi connectivity index (χ4n) is 2.71. The number of anilines is 2. The maximum atomic E-state index is 13.3. The minimum atomic E-state index is -3.69. The number of fused-ring (bicyclic) bond motifs is 1. The van der Waals surface area contributed by atoms with Crippen molar-refractivity contribution in [3.05, 3.63) is 53.6 Å². The highest BCUT2D eigenvalue weighted by atomic mass is 35.5. The van der Waals surface area contributed by atoms with Crippen LogP contribution in [0.5, 0.6) is 0 Å². The van der Waals surface area contributed by atoms with Gasteiger partial charge in [-0.1, -0.05) is 43.1 Å². The first-order chi connectivity index (χ1) is 12.5. The Bertz CT molecular complexity index is 998. The monoisotopic (exact) mass is 408 g/mol. The molecule has 0 atom stereocenters.